The monoisotopic (exact) mass is 260 g/mol. The van der Waals surface area contributed by atoms with Crippen LogP contribution in [0.2, 0.25) is 0 Å². The molecule has 0 atom stereocenters. The maximum absolute atomic E-state index is 11.8. The zero-order valence-electron chi connectivity index (χ0n) is 9.79. The molecule has 0 spiro atoms. The second-order valence-corrected chi connectivity index (χ2v) is 4.27. The summed E-state index contributed by atoms with van der Waals surface area (Å²) in [7, 11) is 0. The van der Waals surface area contributed by atoms with Crippen LogP contribution in [0.15, 0.2) is 58.4 Å². The lowest BCUT2D eigenvalue weighted by atomic mass is 10.3. The first-order valence-corrected chi connectivity index (χ1v) is 6.52. The van der Waals surface area contributed by atoms with E-state index in [1.807, 2.05) is 18.4 Å². The number of nitrogens with one attached hydrogen (secondary N) is 1. The zero-order valence-corrected chi connectivity index (χ0v) is 10.6. The van der Waals surface area contributed by atoms with Crippen molar-refractivity contribution in [3.8, 4) is 0 Å². The number of nitrogens with zero attached hydrogens (tertiary/aromatic N) is 1. The summed E-state index contributed by atoms with van der Waals surface area (Å²) in [5.41, 5.74) is 0.838. The third-order valence-corrected chi connectivity index (χ3v) is 2.83. The van der Waals surface area contributed by atoms with Crippen LogP contribution in [0.4, 0.5) is 5.69 Å². The van der Waals surface area contributed by atoms with Gasteiger partial charge in [-0.25, -0.2) is 0 Å². The van der Waals surface area contributed by atoms with Gasteiger partial charge in [0.05, 0.1) is 23.2 Å². The van der Waals surface area contributed by atoms with Crippen LogP contribution in [-0.4, -0.2) is 17.0 Å². The molecule has 0 amide bonds. The van der Waals surface area contributed by atoms with Gasteiger partial charge >= 0.3 is 0 Å². The number of carbonyl (C=O) groups excluding carboxylic acids is 1. The minimum atomic E-state index is -0.166. The SMILES string of the molecule is CS/C(=C/C(=O)c1ccco1)Nc1cccnc1. The Bertz CT molecular complexity index is 535. The topological polar surface area (TPSA) is 55.1 Å². The highest BCUT2D eigenvalue weighted by Crippen LogP contribution is 2.17. The van der Waals surface area contributed by atoms with Crippen molar-refractivity contribution in [2.45, 2.75) is 0 Å². The molecule has 1 N–H and O–H groups in total. The normalized spacial score (nSPS) is 11.3. The van der Waals surface area contributed by atoms with E-state index in [2.05, 4.69) is 10.3 Å². The molecule has 0 aliphatic rings. The van der Waals surface area contributed by atoms with Gasteiger partial charge in [-0.1, -0.05) is 0 Å². The van der Waals surface area contributed by atoms with Crippen molar-refractivity contribution in [1.29, 1.82) is 0 Å². The highest BCUT2D eigenvalue weighted by molar-refractivity contribution is 8.02. The molecule has 0 saturated heterocycles. The van der Waals surface area contributed by atoms with Gasteiger partial charge in [0.1, 0.15) is 0 Å². The van der Waals surface area contributed by atoms with E-state index < -0.39 is 0 Å². The number of hydrogen-bond donors (Lipinski definition) is 1. The standard InChI is InChI=1S/C13H12N2O2S/c1-18-13(15-10-4-2-6-14-9-10)8-11(16)12-5-3-7-17-12/h2-9,15H,1H3/b13-8+. The van der Waals surface area contributed by atoms with E-state index >= 15 is 0 Å². The first kappa shape index (κ1) is 12.4. The first-order valence-electron chi connectivity index (χ1n) is 5.30. The second kappa shape index (κ2) is 6.07. The minimum Gasteiger partial charge on any atom is -0.461 e. The van der Waals surface area contributed by atoms with Gasteiger partial charge in [-0.3, -0.25) is 9.78 Å². The van der Waals surface area contributed by atoms with Crippen molar-refractivity contribution in [2.75, 3.05) is 11.6 Å². The van der Waals surface area contributed by atoms with Crippen LogP contribution in [0.5, 0.6) is 0 Å². The van der Waals surface area contributed by atoms with Crippen molar-refractivity contribution in [3.05, 3.63) is 59.8 Å². The summed E-state index contributed by atoms with van der Waals surface area (Å²) in [6.07, 6.45) is 8.28. The predicted molar refractivity (Wildman–Crippen MR) is 72.5 cm³/mol. The van der Waals surface area contributed by atoms with Crippen molar-refractivity contribution >= 4 is 23.2 Å². The summed E-state index contributed by atoms with van der Waals surface area (Å²) < 4.78 is 5.05. The first-order chi connectivity index (χ1) is 8.79. The second-order valence-electron chi connectivity index (χ2n) is 3.42. The number of hydrogen-bond acceptors (Lipinski definition) is 5. The third-order valence-electron chi connectivity index (χ3n) is 2.18. The Hall–Kier alpha value is -2.01. The fourth-order valence-electron chi connectivity index (χ4n) is 1.33. The van der Waals surface area contributed by atoms with Gasteiger partial charge in [0.2, 0.25) is 5.78 Å². The number of aromatic nitrogens is 1. The third kappa shape index (κ3) is 3.24. The molecule has 2 aromatic rings. The number of anilines is 1. The minimum absolute atomic E-state index is 0.166. The van der Waals surface area contributed by atoms with Gasteiger partial charge in [0.15, 0.2) is 5.76 Å². The van der Waals surface area contributed by atoms with E-state index in [4.69, 9.17) is 4.42 Å². The Kier molecular flexibility index (Phi) is 4.20. The summed E-state index contributed by atoms with van der Waals surface area (Å²) >= 11 is 1.45. The quantitative estimate of drug-likeness (QED) is 0.661. The molecule has 0 saturated carbocycles. The molecule has 0 unspecified atom stereocenters. The molecular formula is C13H12N2O2S. The van der Waals surface area contributed by atoms with Gasteiger partial charge in [0.25, 0.3) is 0 Å². The van der Waals surface area contributed by atoms with Crippen LogP contribution in [0.25, 0.3) is 0 Å². The van der Waals surface area contributed by atoms with Crippen molar-refractivity contribution < 1.29 is 9.21 Å². The van der Waals surface area contributed by atoms with Crippen LogP contribution >= 0.6 is 11.8 Å². The summed E-state index contributed by atoms with van der Waals surface area (Å²) in [6, 6.07) is 7.04. The molecule has 0 aliphatic heterocycles. The summed E-state index contributed by atoms with van der Waals surface area (Å²) in [4.78, 5) is 15.8. The lowest BCUT2D eigenvalue weighted by Crippen LogP contribution is -2.00. The number of pyridine rings is 1. The van der Waals surface area contributed by atoms with Gasteiger partial charge < -0.3 is 9.73 Å². The molecule has 0 radical (unpaired) electrons. The van der Waals surface area contributed by atoms with Gasteiger partial charge in [-0.05, 0) is 30.5 Å². The van der Waals surface area contributed by atoms with Crippen molar-refractivity contribution in [2.24, 2.45) is 0 Å². The number of thioether (sulfide) groups is 1. The lowest BCUT2D eigenvalue weighted by molar-refractivity contribution is 0.102. The van der Waals surface area contributed by atoms with E-state index in [1.54, 1.807) is 24.5 Å². The van der Waals surface area contributed by atoms with Crippen LogP contribution in [0.3, 0.4) is 0 Å². The fourth-order valence-corrected chi connectivity index (χ4v) is 1.78. The maximum Gasteiger partial charge on any atom is 0.223 e. The lowest BCUT2D eigenvalue weighted by Gasteiger charge is -2.07. The largest absolute Gasteiger partial charge is 0.461 e. The number of carbonyl (C=O) groups is 1. The van der Waals surface area contributed by atoms with Gasteiger partial charge in [-0.2, -0.15) is 0 Å². The van der Waals surface area contributed by atoms with E-state index in [0.717, 1.165) is 10.7 Å². The summed E-state index contributed by atoms with van der Waals surface area (Å²) in [6.45, 7) is 0. The average Bonchev–Trinajstić information content (AvgIpc) is 2.93. The van der Waals surface area contributed by atoms with E-state index in [1.165, 1.54) is 24.1 Å². The highest BCUT2D eigenvalue weighted by atomic mass is 32.2. The average molecular weight is 260 g/mol. The highest BCUT2D eigenvalue weighted by Gasteiger charge is 2.07. The summed E-state index contributed by atoms with van der Waals surface area (Å²) in [5, 5.41) is 3.86. The molecule has 92 valence electrons. The number of allylic oxidation sites excluding steroid dienone is 1. The number of furan rings is 1. The van der Waals surface area contributed by atoms with E-state index in [-0.39, 0.29) is 5.78 Å². The van der Waals surface area contributed by atoms with Crippen LogP contribution in [-0.2, 0) is 0 Å². The number of rotatable bonds is 5. The molecule has 2 rings (SSSR count). The van der Waals surface area contributed by atoms with Crippen LogP contribution in [0, 0.1) is 0 Å². The Labute approximate surface area is 109 Å². The predicted octanol–water partition coefficient (Wildman–Crippen LogP) is 3.17. The van der Waals surface area contributed by atoms with Gasteiger partial charge in [-0.15, -0.1) is 11.8 Å². The Balaban J connectivity index is 2.11. The number of ketones is 1. The van der Waals surface area contributed by atoms with Gasteiger partial charge in [0, 0.05) is 12.3 Å². The molecule has 0 bridgehead atoms. The molecule has 4 nitrogen and oxygen atoms in total. The molecule has 0 aliphatic carbocycles. The van der Waals surface area contributed by atoms with E-state index in [9.17, 15) is 4.79 Å². The van der Waals surface area contributed by atoms with Crippen LogP contribution in [0.1, 0.15) is 10.6 Å². The molecule has 18 heavy (non-hydrogen) atoms. The molecule has 2 heterocycles. The molecular weight excluding hydrogens is 248 g/mol. The smallest absolute Gasteiger partial charge is 0.223 e. The molecule has 2 aromatic heterocycles. The Morgan fingerprint density at radius 2 is 2.33 bits per heavy atom. The Morgan fingerprint density at radius 1 is 1.44 bits per heavy atom. The maximum atomic E-state index is 11.8. The zero-order chi connectivity index (χ0) is 12.8. The Morgan fingerprint density at radius 3 is 2.94 bits per heavy atom. The molecule has 0 fully saturated rings. The molecule has 0 aromatic carbocycles. The van der Waals surface area contributed by atoms with Crippen molar-refractivity contribution in [1.82, 2.24) is 4.98 Å². The summed E-state index contributed by atoms with van der Waals surface area (Å²) in [5.74, 6) is 0.162. The van der Waals surface area contributed by atoms with E-state index in [0.29, 0.717) is 5.76 Å². The van der Waals surface area contributed by atoms with Crippen molar-refractivity contribution in [3.63, 3.8) is 0 Å². The van der Waals surface area contributed by atoms with Crippen LogP contribution < -0.4 is 5.32 Å². The molecule has 5 heteroatoms. The fraction of sp³-hybridized carbons (Fsp3) is 0.0769.